The van der Waals surface area contributed by atoms with E-state index in [1.807, 2.05) is 18.3 Å². The van der Waals surface area contributed by atoms with Gasteiger partial charge in [0.25, 0.3) is 0 Å². The van der Waals surface area contributed by atoms with Crippen molar-refractivity contribution in [2.75, 3.05) is 0 Å². The first kappa shape index (κ1) is 14.4. The molecule has 0 N–H and O–H groups in total. The highest BCUT2D eigenvalue weighted by molar-refractivity contribution is 6.35. The van der Waals surface area contributed by atoms with Gasteiger partial charge in [-0.25, -0.2) is 4.98 Å². The minimum absolute atomic E-state index is 0.136. The van der Waals surface area contributed by atoms with E-state index in [0.29, 0.717) is 5.15 Å². The fourth-order valence-corrected chi connectivity index (χ4v) is 2.42. The molecular weight excluding hydrogens is 281 g/mol. The molecule has 2 aromatic rings. The zero-order chi connectivity index (χ0) is 14.0. The van der Waals surface area contributed by atoms with Crippen molar-refractivity contribution in [2.45, 2.75) is 33.2 Å². The number of allylic oxidation sites excluding steroid dienone is 1. The van der Waals surface area contributed by atoms with Crippen molar-refractivity contribution in [3.05, 3.63) is 35.4 Å². The molecule has 0 radical (unpaired) electrons. The van der Waals surface area contributed by atoms with Crippen molar-refractivity contribution in [3.63, 3.8) is 0 Å². The summed E-state index contributed by atoms with van der Waals surface area (Å²) in [6.45, 7) is 9.15. The zero-order valence-corrected chi connectivity index (χ0v) is 12.7. The zero-order valence-electron chi connectivity index (χ0n) is 11.2. The monoisotopic (exact) mass is 297 g/mol. The Morgan fingerprint density at radius 2 is 2.16 bits per heavy atom. The van der Waals surface area contributed by atoms with Crippen LogP contribution in [0.3, 0.4) is 0 Å². The summed E-state index contributed by atoms with van der Waals surface area (Å²) in [6, 6.07) is 1.92. The van der Waals surface area contributed by atoms with Crippen molar-refractivity contribution in [3.8, 4) is 0 Å². The number of fused-ring (bicyclic) bond motifs is 1. The second kappa shape index (κ2) is 5.51. The predicted octanol–water partition coefficient (Wildman–Crippen LogP) is 4.73. The van der Waals surface area contributed by atoms with Gasteiger partial charge in [0.05, 0.1) is 5.39 Å². The molecule has 102 valence electrons. The summed E-state index contributed by atoms with van der Waals surface area (Å²) in [6.07, 6.45) is 6.05. The first-order chi connectivity index (χ1) is 8.99. The van der Waals surface area contributed by atoms with Crippen molar-refractivity contribution in [1.82, 2.24) is 14.5 Å². The molecule has 2 aromatic heterocycles. The average molecular weight is 298 g/mol. The molecule has 0 aromatic carbocycles. The van der Waals surface area contributed by atoms with E-state index < -0.39 is 0 Å². The van der Waals surface area contributed by atoms with E-state index >= 15 is 0 Å². The third kappa shape index (κ3) is 2.93. The topological polar surface area (TPSA) is 30.7 Å². The van der Waals surface area contributed by atoms with Gasteiger partial charge >= 0.3 is 0 Å². The molecule has 0 spiro atoms. The summed E-state index contributed by atoms with van der Waals surface area (Å²) in [7, 11) is 0. The van der Waals surface area contributed by atoms with Crippen molar-refractivity contribution in [1.29, 1.82) is 0 Å². The molecule has 1 atom stereocenters. The summed E-state index contributed by atoms with van der Waals surface area (Å²) in [4.78, 5) is 8.20. The second-order valence-electron chi connectivity index (χ2n) is 4.99. The highest BCUT2D eigenvalue weighted by Crippen LogP contribution is 2.29. The van der Waals surface area contributed by atoms with Gasteiger partial charge in [-0.1, -0.05) is 31.5 Å². The van der Waals surface area contributed by atoms with E-state index in [2.05, 4.69) is 35.0 Å². The lowest BCUT2D eigenvalue weighted by Crippen LogP contribution is -2.14. The SMILES string of the molecule is C=C[C@@](C)(CC)CCn1ccc2c(Cl)nc(Cl)nc21. The molecule has 19 heavy (non-hydrogen) atoms. The number of hydrogen-bond donors (Lipinski definition) is 0. The Balaban J connectivity index is 2.29. The molecule has 0 unspecified atom stereocenters. The minimum atomic E-state index is 0.136. The van der Waals surface area contributed by atoms with Crippen molar-refractivity contribution in [2.24, 2.45) is 5.41 Å². The predicted molar refractivity (Wildman–Crippen MR) is 80.8 cm³/mol. The number of rotatable bonds is 5. The van der Waals surface area contributed by atoms with Crippen LogP contribution >= 0.6 is 23.2 Å². The molecule has 0 aliphatic heterocycles. The van der Waals surface area contributed by atoms with Crippen LogP contribution in [0, 0.1) is 5.41 Å². The van der Waals surface area contributed by atoms with Crippen LogP contribution in [0.4, 0.5) is 0 Å². The Morgan fingerprint density at radius 1 is 1.42 bits per heavy atom. The molecule has 0 saturated carbocycles. The molecule has 0 bridgehead atoms. The van der Waals surface area contributed by atoms with Crippen LogP contribution in [0.5, 0.6) is 0 Å². The van der Waals surface area contributed by atoms with Crippen molar-refractivity contribution < 1.29 is 0 Å². The van der Waals surface area contributed by atoms with E-state index in [9.17, 15) is 0 Å². The fraction of sp³-hybridized carbons (Fsp3) is 0.429. The van der Waals surface area contributed by atoms with Crippen LogP contribution < -0.4 is 0 Å². The van der Waals surface area contributed by atoms with E-state index in [1.54, 1.807) is 0 Å². The van der Waals surface area contributed by atoms with E-state index in [4.69, 9.17) is 23.2 Å². The molecule has 2 rings (SSSR count). The summed E-state index contributed by atoms with van der Waals surface area (Å²) < 4.78 is 2.06. The fourth-order valence-electron chi connectivity index (χ4n) is 1.98. The highest BCUT2D eigenvalue weighted by Gasteiger charge is 2.18. The molecule has 0 aliphatic rings. The molecule has 0 amide bonds. The average Bonchev–Trinajstić information content (AvgIpc) is 2.79. The second-order valence-corrected chi connectivity index (χ2v) is 5.69. The summed E-state index contributed by atoms with van der Waals surface area (Å²) in [5, 5.41) is 1.41. The largest absolute Gasteiger partial charge is 0.332 e. The van der Waals surface area contributed by atoms with Crippen LogP contribution in [0.25, 0.3) is 11.0 Å². The van der Waals surface area contributed by atoms with E-state index in [0.717, 1.165) is 30.4 Å². The maximum atomic E-state index is 6.06. The molecule has 0 aliphatic carbocycles. The molecule has 3 nitrogen and oxygen atoms in total. The van der Waals surface area contributed by atoms with Gasteiger partial charge < -0.3 is 4.57 Å². The van der Waals surface area contributed by atoms with Gasteiger partial charge in [0.15, 0.2) is 0 Å². The third-order valence-corrected chi connectivity index (χ3v) is 4.23. The van der Waals surface area contributed by atoms with Crippen molar-refractivity contribution >= 4 is 34.2 Å². The summed E-state index contributed by atoms with van der Waals surface area (Å²) in [5.41, 5.74) is 0.921. The molecular formula is C14H17Cl2N3. The smallest absolute Gasteiger partial charge is 0.225 e. The number of nitrogens with zero attached hydrogens (tertiary/aromatic N) is 3. The number of aromatic nitrogens is 3. The quantitative estimate of drug-likeness (QED) is 0.454. The van der Waals surface area contributed by atoms with E-state index in [-0.39, 0.29) is 10.7 Å². The third-order valence-electron chi connectivity index (χ3n) is 3.77. The Hall–Kier alpha value is -1.06. The van der Waals surface area contributed by atoms with Gasteiger partial charge in [0, 0.05) is 12.7 Å². The maximum absolute atomic E-state index is 6.06. The minimum Gasteiger partial charge on any atom is -0.332 e. The van der Waals surface area contributed by atoms with Crippen LogP contribution in [-0.4, -0.2) is 14.5 Å². The van der Waals surface area contributed by atoms with Gasteiger partial charge in [-0.2, -0.15) is 4.98 Å². The van der Waals surface area contributed by atoms with Gasteiger partial charge in [-0.15, -0.1) is 6.58 Å². The van der Waals surface area contributed by atoms with Crippen LogP contribution in [0.2, 0.25) is 10.4 Å². The lowest BCUT2D eigenvalue weighted by Gasteiger charge is -2.24. The molecule has 5 heteroatoms. The molecule has 2 heterocycles. The van der Waals surface area contributed by atoms with Gasteiger partial charge in [-0.3, -0.25) is 0 Å². The normalized spacial score (nSPS) is 14.5. The molecule has 0 fully saturated rings. The number of halogens is 2. The standard InChI is InChI=1S/C14H17Cl2N3/c1-4-14(3,5-2)7-9-19-8-6-10-11(15)17-13(16)18-12(10)19/h4,6,8H,1,5,7,9H2,2-3H3/t14-/m0/s1. The van der Waals surface area contributed by atoms with E-state index in [1.165, 1.54) is 0 Å². The number of aryl methyl sites for hydroxylation is 1. The first-order valence-corrected chi connectivity index (χ1v) is 7.06. The van der Waals surface area contributed by atoms with Gasteiger partial charge in [0.1, 0.15) is 10.8 Å². The van der Waals surface area contributed by atoms with Crippen LogP contribution in [0.15, 0.2) is 24.9 Å². The number of hydrogen-bond acceptors (Lipinski definition) is 2. The Labute approximate surface area is 123 Å². The van der Waals surface area contributed by atoms with Gasteiger partial charge in [0.2, 0.25) is 5.28 Å². The molecule has 0 saturated heterocycles. The Bertz CT molecular complexity index is 606. The Morgan fingerprint density at radius 3 is 2.79 bits per heavy atom. The Kier molecular flexibility index (Phi) is 4.16. The lowest BCUT2D eigenvalue weighted by atomic mass is 9.84. The lowest BCUT2D eigenvalue weighted by molar-refractivity contribution is 0.354. The summed E-state index contributed by atoms with van der Waals surface area (Å²) >= 11 is 11.9. The highest BCUT2D eigenvalue weighted by atomic mass is 35.5. The first-order valence-electron chi connectivity index (χ1n) is 6.30. The van der Waals surface area contributed by atoms with Crippen LogP contribution in [-0.2, 0) is 6.54 Å². The van der Waals surface area contributed by atoms with Crippen LogP contribution in [0.1, 0.15) is 26.7 Å². The van der Waals surface area contributed by atoms with Gasteiger partial charge in [-0.05, 0) is 35.9 Å². The summed E-state index contributed by atoms with van der Waals surface area (Å²) in [5.74, 6) is 0. The maximum Gasteiger partial charge on any atom is 0.225 e.